The summed E-state index contributed by atoms with van der Waals surface area (Å²) in [6, 6.07) is 0. The van der Waals surface area contributed by atoms with Crippen LogP contribution in [0.1, 0.15) is 0 Å². The van der Waals surface area contributed by atoms with E-state index in [1.807, 2.05) is 0 Å². The molecule has 0 aliphatic heterocycles. The monoisotopic (exact) mass is 145 g/mol. The van der Waals surface area contributed by atoms with Gasteiger partial charge >= 0.3 is 0 Å². The maximum atomic E-state index is 4.97. The second-order valence-corrected chi connectivity index (χ2v) is 1.42. The molecule has 0 radical (unpaired) electrons. The van der Waals surface area contributed by atoms with Gasteiger partial charge < -0.3 is 10.3 Å². The van der Waals surface area contributed by atoms with Crippen molar-refractivity contribution < 1.29 is 10.3 Å². The smallest absolute Gasteiger partial charge is 0.235 e. The minimum Gasteiger partial charge on any atom is -0.412 e. The van der Waals surface area contributed by atoms with Crippen molar-refractivity contribution in [1.82, 2.24) is 0 Å². The molecule has 44 valence electrons. The maximum absolute atomic E-state index is 4.97. The summed E-state index contributed by atoms with van der Waals surface area (Å²) in [5.41, 5.74) is 0. The number of halogens is 2. The summed E-state index contributed by atoms with van der Waals surface area (Å²) in [5.74, 6) is 0. The van der Waals surface area contributed by atoms with Crippen LogP contribution in [-0.2, 0) is 4.84 Å². The molecule has 0 aliphatic rings. The van der Waals surface area contributed by atoms with Crippen molar-refractivity contribution in [2.75, 3.05) is 7.11 Å². The summed E-state index contributed by atoms with van der Waals surface area (Å²) in [4.78, 5) is 4.13. The van der Waals surface area contributed by atoms with Gasteiger partial charge in [-0.05, 0) is 23.2 Å². The van der Waals surface area contributed by atoms with Crippen LogP contribution in [0.4, 0.5) is 0 Å². The van der Waals surface area contributed by atoms with Crippen molar-refractivity contribution in [2.45, 2.75) is 0 Å². The third kappa shape index (κ3) is 10.7. The van der Waals surface area contributed by atoms with Crippen molar-refractivity contribution in [2.24, 2.45) is 5.16 Å². The van der Waals surface area contributed by atoms with Crippen LogP contribution in [0.25, 0.3) is 0 Å². The number of nitrogens with zero attached hydrogens (tertiary/aromatic N) is 1. The molecule has 0 spiro atoms. The quantitative estimate of drug-likeness (QED) is 0.393. The average Bonchev–Trinajstić information content (AvgIpc) is 1.35. The highest BCUT2D eigenvalue weighted by atomic mass is 35.5. The van der Waals surface area contributed by atoms with Gasteiger partial charge in [0.05, 0.1) is 0 Å². The van der Waals surface area contributed by atoms with Gasteiger partial charge in [-0.15, -0.1) is 0 Å². The minimum atomic E-state index is -0.113. The van der Waals surface area contributed by atoms with Gasteiger partial charge in [0.2, 0.25) is 4.63 Å². The highest BCUT2D eigenvalue weighted by Gasteiger charge is 1.77. The fourth-order valence-corrected chi connectivity index (χ4v) is 0.207. The van der Waals surface area contributed by atoms with Crippen LogP contribution in [0, 0.1) is 0 Å². The Labute approximate surface area is 51.2 Å². The van der Waals surface area contributed by atoms with Gasteiger partial charge in [-0.25, -0.2) is 0 Å². The normalized spacial score (nSPS) is 6.14. The lowest BCUT2D eigenvalue weighted by Crippen LogP contribution is -1.70. The summed E-state index contributed by atoms with van der Waals surface area (Å²) < 4.78 is -0.113. The second-order valence-electron chi connectivity index (χ2n) is 0.514. The van der Waals surface area contributed by atoms with Crippen LogP contribution < -0.4 is 0 Å². The van der Waals surface area contributed by atoms with E-state index in [0.717, 1.165) is 0 Å². The molecule has 7 heavy (non-hydrogen) atoms. The SMILES string of the molecule is CON=C(Cl)Cl.O. The van der Waals surface area contributed by atoms with E-state index in [4.69, 9.17) is 23.2 Å². The van der Waals surface area contributed by atoms with Gasteiger partial charge in [0.15, 0.2) is 0 Å². The van der Waals surface area contributed by atoms with Gasteiger partial charge in [-0.3, -0.25) is 0 Å². The number of rotatable bonds is 1. The second kappa shape index (κ2) is 6.01. The molecule has 0 aromatic heterocycles. The lowest BCUT2D eigenvalue weighted by atomic mass is 11.6. The number of oxime groups is 1. The van der Waals surface area contributed by atoms with Gasteiger partial charge in [-0.2, -0.15) is 0 Å². The number of hydrogen-bond donors (Lipinski definition) is 0. The highest BCUT2D eigenvalue weighted by molar-refractivity contribution is 6.95. The van der Waals surface area contributed by atoms with Crippen LogP contribution in [0.5, 0.6) is 0 Å². The molecule has 0 amide bonds. The van der Waals surface area contributed by atoms with Crippen molar-refractivity contribution in [3.8, 4) is 0 Å². The Morgan fingerprint density at radius 1 is 1.57 bits per heavy atom. The van der Waals surface area contributed by atoms with E-state index in [-0.39, 0.29) is 10.1 Å². The number of hydrogen-bond acceptors (Lipinski definition) is 2. The third-order valence-corrected chi connectivity index (χ3v) is 0.298. The average molecular weight is 146 g/mol. The zero-order chi connectivity index (χ0) is 4.99. The molecule has 0 rings (SSSR count). The first-order valence-corrected chi connectivity index (χ1v) is 1.95. The molecule has 0 saturated carbocycles. The topological polar surface area (TPSA) is 53.1 Å². The van der Waals surface area contributed by atoms with Gasteiger partial charge in [-0.1, -0.05) is 5.16 Å². The molecule has 0 heterocycles. The van der Waals surface area contributed by atoms with E-state index in [9.17, 15) is 0 Å². The molecule has 3 nitrogen and oxygen atoms in total. The van der Waals surface area contributed by atoms with E-state index < -0.39 is 0 Å². The summed E-state index contributed by atoms with van der Waals surface area (Å²) in [6.07, 6.45) is 0. The highest BCUT2D eigenvalue weighted by Crippen LogP contribution is 1.89. The summed E-state index contributed by atoms with van der Waals surface area (Å²) >= 11 is 9.94. The van der Waals surface area contributed by atoms with Crippen LogP contribution in [0.2, 0.25) is 0 Å². The van der Waals surface area contributed by atoms with Crippen LogP contribution in [-0.4, -0.2) is 17.2 Å². The van der Waals surface area contributed by atoms with Crippen molar-refractivity contribution >= 4 is 27.8 Å². The van der Waals surface area contributed by atoms with Crippen LogP contribution >= 0.6 is 23.2 Å². The Hall–Kier alpha value is 0.01000. The Bertz CT molecular complexity index is 60.7. The third-order valence-electron chi connectivity index (χ3n) is 0.160. The molecule has 0 aromatic carbocycles. The summed E-state index contributed by atoms with van der Waals surface area (Å²) in [5, 5.41) is 3.07. The van der Waals surface area contributed by atoms with Gasteiger partial charge in [0.25, 0.3) is 0 Å². The first-order valence-electron chi connectivity index (χ1n) is 1.19. The first kappa shape index (κ1) is 10.1. The molecule has 2 N–H and O–H groups in total. The van der Waals surface area contributed by atoms with Gasteiger partial charge in [0, 0.05) is 0 Å². The molecule has 0 aliphatic carbocycles. The Morgan fingerprint density at radius 2 is 2.00 bits per heavy atom. The van der Waals surface area contributed by atoms with Gasteiger partial charge in [0.1, 0.15) is 7.11 Å². The lowest BCUT2D eigenvalue weighted by molar-refractivity contribution is 0.215. The standard InChI is InChI=1S/C2H3Cl2NO.H2O/c1-6-5-2(3)4;/h1H3;1H2. The summed E-state index contributed by atoms with van der Waals surface area (Å²) in [6.45, 7) is 0. The van der Waals surface area contributed by atoms with Crippen molar-refractivity contribution in [3.63, 3.8) is 0 Å². The zero-order valence-electron chi connectivity index (χ0n) is 3.61. The Morgan fingerprint density at radius 3 is 2.00 bits per heavy atom. The van der Waals surface area contributed by atoms with Crippen LogP contribution in [0.3, 0.4) is 0 Å². The van der Waals surface area contributed by atoms with E-state index in [1.54, 1.807) is 0 Å². The molecule has 0 atom stereocenters. The minimum absolute atomic E-state index is 0. The predicted molar refractivity (Wildman–Crippen MR) is 29.8 cm³/mol. The molecule has 0 unspecified atom stereocenters. The molecular weight excluding hydrogens is 141 g/mol. The zero-order valence-corrected chi connectivity index (χ0v) is 5.12. The fourth-order valence-electron chi connectivity index (χ4n) is 0.0690. The first-order chi connectivity index (χ1) is 2.77. The van der Waals surface area contributed by atoms with E-state index in [0.29, 0.717) is 0 Å². The molecule has 0 bridgehead atoms. The maximum Gasteiger partial charge on any atom is 0.235 e. The molecule has 0 saturated heterocycles. The molecular formula is C2H5Cl2NO2. The van der Waals surface area contributed by atoms with E-state index in [2.05, 4.69) is 9.99 Å². The predicted octanol–water partition coefficient (Wildman–Crippen LogP) is 0.557. The Kier molecular flexibility index (Phi) is 8.66. The largest absolute Gasteiger partial charge is 0.412 e. The van der Waals surface area contributed by atoms with Crippen LogP contribution in [0.15, 0.2) is 5.16 Å². The Balaban J connectivity index is 0. The summed E-state index contributed by atoms with van der Waals surface area (Å²) in [7, 11) is 1.37. The van der Waals surface area contributed by atoms with Crippen molar-refractivity contribution in [3.05, 3.63) is 0 Å². The van der Waals surface area contributed by atoms with E-state index in [1.165, 1.54) is 7.11 Å². The molecule has 0 fully saturated rings. The lowest BCUT2D eigenvalue weighted by Gasteiger charge is -1.79. The molecule has 5 heteroatoms. The van der Waals surface area contributed by atoms with E-state index >= 15 is 0 Å². The fraction of sp³-hybridized carbons (Fsp3) is 0.500. The van der Waals surface area contributed by atoms with Crippen molar-refractivity contribution in [1.29, 1.82) is 0 Å². The molecule has 0 aromatic rings.